The van der Waals surface area contributed by atoms with Crippen LogP contribution in [0.4, 0.5) is 0 Å². The van der Waals surface area contributed by atoms with Crippen molar-refractivity contribution in [3.05, 3.63) is 52.1 Å². The van der Waals surface area contributed by atoms with Gasteiger partial charge in [-0.2, -0.15) is 0 Å². The summed E-state index contributed by atoms with van der Waals surface area (Å²) in [5.74, 6) is -1.76. The third-order valence-corrected chi connectivity index (χ3v) is 7.10. The third-order valence-electron chi connectivity index (χ3n) is 4.44. The van der Waals surface area contributed by atoms with Crippen molar-refractivity contribution in [3.63, 3.8) is 0 Å². The second-order valence-corrected chi connectivity index (χ2v) is 7.64. The summed E-state index contributed by atoms with van der Waals surface area (Å²) in [6, 6.07) is 7.38. The summed E-state index contributed by atoms with van der Waals surface area (Å²) in [4.78, 5) is 20.0. The molecule has 0 aliphatic heterocycles. The van der Waals surface area contributed by atoms with Crippen LogP contribution in [-0.4, -0.2) is 24.5 Å². The fourth-order valence-electron chi connectivity index (χ4n) is 3.20. The predicted molar refractivity (Wildman–Crippen MR) is 80.4 cm³/mol. The van der Waals surface area contributed by atoms with Gasteiger partial charge in [0.05, 0.1) is 10.8 Å². The Hall–Kier alpha value is -2.02. The molecule has 1 aromatic carbocycles. The van der Waals surface area contributed by atoms with E-state index in [9.17, 15) is 23.3 Å². The smallest absolute Gasteiger partial charge is 0.298 e. The number of nitrogens with zero attached hydrogens (tertiary/aromatic N) is 1. The van der Waals surface area contributed by atoms with E-state index < -0.39 is 31.5 Å². The van der Waals surface area contributed by atoms with Gasteiger partial charge in [-0.25, -0.2) is 8.42 Å². The number of aldehydes is 1. The monoisotopic (exact) mass is 323 g/mol. The summed E-state index contributed by atoms with van der Waals surface area (Å²) in [5, 5.41) is 11.9. The zero-order chi connectivity index (χ0) is 16.5. The number of allylic oxidation sites excluding steroid dienone is 1. The van der Waals surface area contributed by atoms with Crippen LogP contribution in [0.15, 0.2) is 46.9 Å². The summed E-state index contributed by atoms with van der Waals surface area (Å²) in [6.45, 7) is 2.97. The molecule has 0 radical (unpaired) electrons. The third kappa shape index (κ3) is 2.08. The van der Waals surface area contributed by atoms with Gasteiger partial charge in [0, 0.05) is 10.8 Å². The van der Waals surface area contributed by atoms with Crippen molar-refractivity contribution in [2.24, 2.45) is 11.8 Å². The quantitative estimate of drug-likeness (QED) is 0.481. The summed E-state index contributed by atoms with van der Waals surface area (Å²) in [6.07, 6.45) is 2.27. The van der Waals surface area contributed by atoms with Crippen molar-refractivity contribution in [1.82, 2.24) is 0 Å². The van der Waals surface area contributed by atoms with Gasteiger partial charge in [-0.1, -0.05) is 38.1 Å². The topological polar surface area (TPSA) is 94.3 Å². The Bertz CT molecular complexity index is 726. The lowest BCUT2D eigenvalue weighted by Gasteiger charge is -2.37. The van der Waals surface area contributed by atoms with E-state index >= 15 is 0 Å². The van der Waals surface area contributed by atoms with Crippen LogP contribution in [0, 0.1) is 22.0 Å². The molecule has 0 bridgehead atoms. The number of benzene rings is 1. The Morgan fingerprint density at radius 3 is 2.36 bits per heavy atom. The van der Waals surface area contributed by atoms with Crippen LogP contribution in [0.1, 0.15) is 20.3 Å². The number of sulfone groups is 1. The number of nitro groups is 1. The Morgan fingerprint density at radius 1 is 1.27 bits per heavy atom. The Balaban J connectivity index is 2.76. The van der Waals surface area contributed by atoms with Crippen LogP contribution in [0.2, 0.25) is 0 Å². The largest absolute Gasteiger partial charge is 0.332 e. The molecule has 0 heterocycles. The fourth-order valence-corrected chi connectivity index (χ4v) is 5.51. The molecule has 0 N–H and O–H groups in total. The van der Waals surface area contributed by atoms with Crippen molar-refractivity contribution < 1.29 is 18.1 Å². The number of carbonyl (C=O) groups excluding carboxylic acids is 1. The molecule has 0 saturated heterocycles. The summed E-state index contributed by atoms with van der Waals surface area (Å²) in [7, 11) is -4.26. The maximum Gasteiger partial charge on any atom is 0.332 e. The average molecular weight is 323 g/mol. The minimum Gasteiger partial charge on any atom is -0.298 e. The van der Waals surface area contributed by atoms with Crippen molar-refractivity contribution in [1.29, 1.82) is 0 Å². The molecule has 7 heteroatoms. The lowest BCUT2D eigenvalue weighted by molar-refractivity contribution is -0.558. The molecule has 0 amide bonds. The van der Waals surface area contributed by atoms with Gasteiger partial charge in [0.2, 0.25) is 0 Å². The summed E-state index contributed by atoms with van der Waals surface area (Å²) in [5.41, 5.74) is 0.161. The minimum atomic E-state index is -4.26. The first kappa shape index (κ1) is 16.4. The highest BCUT2D eigenvalue weighted by Crippen LogP contribution is 2.46. The lowest BCUT2D eigenvalue weighted by atomic mass is 9.78. The molecule has 1 aliphatic carbocycles. The molecule has 1 aliphatic rings. The highest BCUT2D eigenvalue weighted by Gasteiger charge is 2.65. The molecule has 0 aromatic heterocycles. The van der Waals surface area contributed by atoms with Gasteiger partial charge in [0.1, 0.15) is 6.29 Å². The van der Waals surface area contributed by atoms with E-state index in [-0.39, 0.29) is 16.9 Å². The Morgan fingerprint density at radius 2 is 1.86 bits per heavy atom. The van der Waals surface area contributed by atoms with Crippen LogP contribution in [0.3, 0.4) is 0 Å². The van der Waals surface area contributed by atoms with Crippen LogP contribution in [0.25, 0.3) is 0 Å². The van der Waals surface area contributed by atoms with Gasteiger partial charge in [0.15, 0.2) is 0 Å². The zero-order valence-corrected chi connectivity index (χ0v) is 13.1. The molecule has 3 atom stereocenters. The first-order valence-electron chi connectivity index (χ1n) is 6.89. The minimum absolute atomic E-state index is 0.0995. The Labute approximate surface area is 128 Å². The van der Waals surface area contributed by atoms with E-state index in [1.54, 1.807) is 12.1 Å². The first-order valence-corrected chi connectivity index (χ1v) is 8.37. The molecule has 22 heavy (non-hydrogen) atoms. The van der Waals surface area contributed by atoms with Gasteiger partial charge in [-0.15, -0.1) is 0 Å². The van der Waals surface area contributed by atoms with Gasteiger partial charge in [-0.3, -0.25) is 14.9 Å². The van der Waals surface area contributed by atoms with Gasteiger partial charge in [0.25, 0.3) is 9.84 Å². The molecular formula is C15H17NO5S. The molecule has 0 spiro atoms. The predicted octanol–water partition coefficient (Wildman–Crippen LogP) is 2.23. The molecule has 6 nitrogen and oxygen atoms in total. The molecule has 1 aromatic rings. The maximum absolute atomic E-state index is 13.0. The fraction of sp³-hybridized carbons (Fsp3) is 0.400. The molecule has 2 rings (SSSR count). The number of rotatable bonds is 4. The molecule has 118 valence electrons. The van der Waals surface area contributed by atoms with Crippen LogP contribution >= 0.6 is 0 Å². The van der Waals surface area contributed by atoms with E-state index in [0.717, 1.165) is 0 Å². The van der Waals surface area contributed by atoms with Crippen LogP contribution in [0.5, 0.6) is 0 Å². The highest BCUT2D eigenvalue weighted by molar-refractivity contribution is 7.92. The second-order valence-electron chi connectivity index (χ2n) is 5.51. The Kier molecular flexibility index (Phi) is 4.19. The molecular weight excluding hydrogens is 306 g/mol. The van der Waals surface area contributed by atoms with Gasteiger partial charge in [-0.05, 0) is 24.1 Å². The number of hydrogen-bond donors (Lipinski definition) is 0. The number of carbonyl (C=O) groups is 1. The van der Waals surface area contributed by atoms with Crippen molar-refractivity contribution >= 4 is 16.1 Å². The highest BCUT2D eigenvalue weighted by atomic mass is 32.2. The summed E-state index contributed by atoms with van der Waals surface area (Å²) < 4.78 is 26.1. The lowest BCUT2D eigenvalue weighted by Crippen LogP contribution is -2.58. The van der Waals surface area contributed by atoms with Gasteiger partial charge < -0.3 is 0 Å². The van der Waals surface area contributed by atoms with E-state index in [1.807, 2.05) is 0 Å². The van der Waals surface area contributed by atoms with Gasteiger partial charge >= 0.3 is 4.87 Å². The standard InChI is InChI=1S/C15H17NO5S/c1-11-8-9-13(10-17)12(2)15(11,16(18)19)22(20,21)14-6-4-3-5-7-14/h3-7,9-12H,8H2,1-2H3/t11-,12-,15+/m1/s1. The second kappa shape index (κ2) is 5.64. The molecule has 0 saturated carbocycles. The molecule has 0 fully saturated rings. The van der Waals surface area contributed by atoms with Crippen LogP contribution in [-0.2, 0) is 14.6 Å². The average Bonchev–Trinajstić information content (AvgIpc) is 2.48. The number of hydrogen-bond acceptors (Lipinski definition) is 5. The summed E-state index contributed by atoms with van der Waals surface area (Å²) >= 11 is 0. The van der Waals surface area contributed by atoms with E-state index in [2.05, 4.69) is 0 Å². The van der Waals surface area contributed by atoms with Crippen LogP contribution < -0.4 is 0 Å². The van der Waals surface area contributed by atoms with E-state index in [4.69, 9.17) is 0 Å². The maximum atomic E-state index is 13.0. The molecule has 0 unspecified atom stereocenters. The van der Waals surface area contributed by atoms with Crippen molar-refractivity contribution in [3.8, 4) is 0 Å². The SMILES string of the molecule is C[C@@H]1CC=C(C=O)[C@@H](C)[C@@]1([N+](=O)[O-])S(=O)(=O)c1ccccc1. The normalized spacial score (nSPS) is 28.7. The van der Waals surface area contributed by atoms with E-state index in [1.165, 1.54) is 38.1 Å². The first-order chi connectivity index (χ1) is 10.3. The van der Waals surface area contributed by atoms with Crippen molar-refractivity contribution in [2.45, 2.75) is 30.0 Å². The van der Waals surface area contributed by atoms with Crippen molar-refractivity contribution in [2.75, 3.05) is 0 Å². The van der Waals surface area contributed by atoms with E-state index in [0.29, 0.717) is 6.29 Å². The zero-order valence-electron chi connectivity index (χ0n) is 12.3.